The van der Waals surface area contributed by atoms with Crippen LogP contribution in [0.4, 0.5) is 19.1 Å². The average Bonchev–Trinajstić information content (AvgIpc) is 3.11. The molecule has 2 aromatic heterocycles. The number of nitrogens with zero attached hydrogens (tertiary/aromatic N) is 3. The van der Waals surface area contributed by atoms with Gasteiger partial charge in [0, 0.05) is 30.1 Å². The minimum atomic E-state index is -4.82. The van der Waals surface area contributed by atoms with Crippen molar-refractivity contribution in [2.45, 2.75) is 18.8 Å². The van der Waals surface area contributed by atoms with E-state index in [4.69, 9.17) is 11.5 Å². The normalized spacial score (nSPS) is 16.0. The van der Waals surface area contributed by atoms with E-state index in [1.54, 1.807) is 12.1 Å². The molecule has 0 saturated heterocycles. The van der Waals surface area contributed by atoms with Crippen LogP contribution < -0.4 is 21.5 Å². The highest BCUT2D eigenvalue weighted by molar-refractivity contribution is 5.98. The van der Waals surface area contributed by atoms with Gasteiger partial charge in [0.2, 0.25) is 5.95 Å². The summed E-state index contributed by atoms with van der Waals surface area (Å²) in [5.74, 6) is -0.580. The number of hydrogen-bond donors (Lipinski definition) is 3. The van der Waals surface area contributed by atoms with Crippen LogP contribution in [0.3, 0.4) is 0 Å². The molecule has 162 valence electrons. The lowest BCUT2D eigenvalue weighted by atomic mass is 10.0. The van der Waals surface area contributed by atoms with Gasteiger partial charge in [0.1, 0.15) is 11.4 Å². The number of anilines is 1. The van der Waals surface area contributed by atoms with Gasteiger partial charge in [-0.05, 0) is 36.7 Å². The number of ether oxygens (including phenoxy) is 1. The van der Waals surface area contributed by atoms with E-state index < -0.39 is 6.36 Å². The number of alkyl halides is 3. The van der Waals surface area contributed by atoms with Crippen molar-refractivity contribution in [1.82, 2.24) is 19.9 Å². The summed E-state index contributed by atoms with van der Waals surface area (Å²) in [6.45, 7) is 0.761. The molecule has 1 atom stereocenters. The van der Waals surface area contributed by atoms with Gasteiger partial charge in [-0.3, -0.25) is 4.79 Å². The molecule has 1 aliphatic heterocycles. The van der Waals surface area contributed by atoms with E-state index in [0.717, 1.165) is 0 Å². The van der Waals surface area contributed by atoms with E-state index in [1.807, 2.05) is 4.57 Å². The molecule has 4 rings (SSSR count). The summed E-state index contributed by atoms with van der Waals surface area (Å²) in [5.41, 5.74) is 13.9. The SMILES string of the molecule is NCC[C@H]1CNC(=O)c2cc(-c3cccc(OC(F)(F)F)c3)c(-c3cnc(N)nc3)n21. The predicted molar refractivity (Wildman–Crippen MR) is 107 cm³/mol. The number of nitrogen functional groups attached to an aromatic ring is 1. The molecule has 1 aromatic carbocycles. The number of benzene rings is 1. The zero-order valence-corrected chi connectivity index (χ0v) is 16.2. The first-order chi connectivity index (χ1) is 14.8. The molecule has 0 unspecified atom stereocenters. The largest absolute Gasteiger partial charge is 0.573 e. The Bertz CT molecular complexity index is 1110. The summed E-state index contributed by atoms with van der Waals surface area (Å²) in [7, 11) is 0. The van der Waals surface area contributed by atoms with Gasteiger partial charge in [0.05, 0.1) is 11.7 Å². The zero-order valence-electron chi connectivity index (χ0n) is 16.2. The highest BCUT2D eigenvalue weighted by atomic mass is 19.4. The van der Waals surface area contributed by atoms with Crippen LogP contribution in [-0.2, 0) is 0 Å². The number of hydrogen-bond acceptors (Lipinski definition) is 6. The Morgan fingerprint density at radius 1 is 1.19 bits per heavy atom. The van der Waals surface area contributed by atoms with E-state index >= 15 is 0 Å². The third-order valence-electron chi connectivity index (χ3n) is 4.96. The fraction of sp³-hybridized carbons (Fsp3) is 0.250. The maximum absolute atomic E-state index is 12.7. The number of carbonyl (C=O) groups is 1. The number of rotatable bonds is 5. The maximum Gasteiger partial charge on any atom is 0.573 e. The van der Waals surface area contributed by atoms with Crippen LogP contribution >= 0.6 is 0 Å². The topological polar surface area (TPSA) is 121 Å². The molecule has 8 nitrogen and oxygen atoms in total. The molecule has 31 heavy (non-hydrogen) atoms. The van der Waals surface area contributed by atoms with E-state index in [2.05, 4.69) is 20.0 Å². The molecule has 0 saturated carbocycles. The molecule has 0 fully saturated rings. The van der Waals surface area contributed by atoms with Gasteiger partial charge in [-0.2, -0.15) is 0 Å². The number of halogens is 3. The summed E-state index contributed by atoms with van der Waals surface area (Å²) in [6, 6.07) is 7.07. The second-order valence-corrected chi connectivity index (χ2v) is 7.01. The van der Waals surface area contributed by atoms with Crippen LogP contribution in [0.5, 0.6) is 5.75 Å². The molecular formula is C20H19F3N6O2. The quantitative estimate of drug-likeness (QED) is 0.570. The summed E-state index contributed by atoms with van der Waals surface area (Å²) in [4.78, 5) is 20.6. The molecule has 3 heterocycles. The molecule has 0 bridgehead atoms. The summed E-state index contributed by atoms with van der Waals surface area (Å²) < 4.78 is 44.0. The Kier molecular flexibility index (Phi) is 5.27. The highest BCUT2D eigenvalue weighted by Gasteiger charge is 2.33. The van der Waals surface area contributed by atoms with Gasteiger partial charge in [0.25, 0.3) is 5.91 Å². The minimum absolute atomic E-state index is 0.0764. The Labute approximate surface area is 175 Å². The fourth-order valence-corrected chi connectivity index (χ4v) is 3.73. The van der Waals surface area contributed by atoms with Crippen molar-refractivity contribution in [2.75, 3.05) is 18.8 Å². The summed E-state index contributed by atoms with van der Waals surface area (Å²) >= 11 is 0. The number of nitrogens with one attached hydrogen (secondary N) is 1. The van der Waals surface area contributed by atoms with E-state index in [9.17, 15) is 18.0 Å². The zero-order chi connectivity index (χ0) is 22.2. The van der Waals surface area contributed by atoms with Crippen molar-refractivity contribution >= 4 is 11.9 Å². The maximum atomic E-state index is 12.7. The van der Waals surface area contributed by atoms with Gasteiger partial charge in [-0.1, -0.05) is 12.1 Å². The van der Waals surface area contributed by atoms with Crippen LogP contribution in [0.15, 0.2) is 42.7 Å². The Morgan fingerprint density at radius 2 is 1.94 bits per heavy atom. The van der Waals surface area contributed by atoms with Crippen LogP contribution in [0.2, 0.25) is 0 Å². The molecule has 0 spiro atoms. The van der Waals surface area contributed by atoms with Gasteiger partial charge in [0.15, 0.2) is 0 Å². The Morgan fingerprint density at radius 3 is 2.61 bits per heavy atom. The molecule has 3 aromatic rings. The van der Waals surface area contributed by atoms with Crippen LogP contribution in [0, 0.1) is 0 Å². The van der Waals surface area contributed by atoms with Gasteiger partial charge < -0.3 is 26.1 Å². The molecule has 1 aliphatic rings. The number of nitrogens with two attached hydrogens (primary N) is 2. The average molecular weight is 432 g/mol. The monoisotopic (exact) mass is 432 g/mol. The number of carbonyl (C=O) groups excluding carboxylic acids is 1. The first kappa shape index (κ1) is 20.7. The minimum Gasteiger partial charge on any atom is -0.406 e. The third kappa shape index (κ3) is 4.17. The van der Waals surface area contributed by atoms with Crippen molar-refractivity contribution < 1.29 is 22.7 Å². The van der Waals surface area contributed by atoms with Gasteiger partial charge in [-0.15, -0.1) is 13.2 Å². The lowest BCUT2D eigenvalue weighted by Gasteiger charge is -2.28. The predicted octanol–water partition coefficient (Wildman–Crippen LogP) is 2.73. The molecule has 1 amide bonds. The van der Waals surface area contributed by atoms with Crippen LogP contribution in [0.1, 0.15) is 23.0 Å². The molecule has 11 heteroatoms. The molecular weight excluding hydrogens is 413 g/mol. The van der Waals surface area contributed by atoms with Crippen LogP contribution in [0.25, 0.3) is 22.4 Å². The molecule has 0 radical (unpaired) electrons. The second-order valence-electron chi connectivity index (χ2n) is 7.01. The van der Waals surface area contributed by atoms with Crippen LogP contribution in [-0.4, -0.2) is 39.9 Å². The Hall–Kier alpha value is -3.60. The summed E-state index contributed by atoms with van der Waals surface area (Å²) in [5, 5.41) is 2.83. The Balaban J connectivity index is 1.93. The smallest absolute Gasteiger partial charge is 0.406 e. The standard InChI is InChI=1S/C20H19F3N6O2/c21-20(22,23)31-14-3-1-2-11(6-14)15-7-16-18(30)26-10-13(4-5-24)29(16)17(15)12-8-27-19(25)28-9-12/h1-3,6-9,13H,4-5,10,24H2,(H,26,30)(H2,25,27,28)/t13-/m0/s1. The number of fused-ring (bicyclic) bond motifs is 1. The fourth-order valence-electron chi connectivity index (χ4n) is 3.73. The van der Waals surface area contributed by atoms with Gasteiger partial charge in [-0.25, -0.2) is 9.97 Å². The lowest BCUT2D eigenvalue weighted by Crippen LogP contribution is -2.39. The van der Waals surface area contributed by atoms with Crippen molar-refractivity contribution in [1.29, 1.82) is 0 Å². The second kappa shape index (κ2) is 7.91. The van der Waals surface area contributed by atoms with Crippen molar-refractivity contribution in [2.24, 2.45) is 5.73 Å². The first-order valence-electron chi connectivity index (χ1n) is 9.44. The highest BCUT2D eigenvalue weighted by Crippen LogP contribution is 2.40. The van der Waals surface area contributed by atoms with Crippen molar-refractivity contribution in [3.05, 3.63) is 48.4 Å². The van der Waals surface area contributed by atoms with Gasteiger partial charge >= 0.3 is 6.36 Å². The van der Waals surface area contributed by atoms with Crippen molar-refractivity contribution in [3.8, 4) is 28.1 Å². The molecule has 0 aliphatic carbocycles. The lowest BCUT2D eigenvalue weighted by molar-refractivity contribution is -0.274. The number of aromatic nitrogens is 3. The van der Waals surface area contributed by atoms with E-state index in [-0.39, 0.29) is 23.6 Å². The molecule has 5 N–H and O–H groups in total. The van der Waals surface area contributed by atoms with E-state index in [0.29, 0.717) is 47.6 Å². The third-order valence-corrected chi connectivity index (χ3v) is 4.96. The van der Waals surface area contributed by atoms with E-state index in [1.165, 1.54) is 30.6 Å². The first-order valence-corrected chi connectivity index (χ1v) is 9.44. The summed E-state index contributed by atoms with van der Waals surface area (Å²) in [6.07, 6.45) is -1.22. The number of amides is 1. The van der Waals surface area contributed by atoms with Crippen molar-refractivity contribution in [3.63, 3.8) is 0 Å².